The molecule has 0 saturated carbocycles. The number of nitrogens with one attached hydrogen (secondary N) is 2. The minimum Gasteiger partial charge on any atom is -0.396 e. The summed E-state index contributed by atoms with van der Waals surface area (Å²) >= 11 is 1.69. The fourth-order valence-electron chi connectivity index (χ4n) is 2.16. The van der Waals surface area contributed by atoms with Crippen LogP contribution in [0.2, 0.25) is 0 Å². The molecule has 21 heavy (non-hydrogen) atoms. The first-order valence-corrected chi connectivity index (χ1v) is 8.32. The van der Waals surface area contributed by atoms with Crippen molar-refractivity contribution in [2.24, 2.45) is 5.92 Å². The van der Waals surface area contributed by atoms with Crippen LogP contribution < -0.4 is 10.6 Å². The second-order valence-corrected chi connectivity index (χ2v) is 6.59. The van der Waals surface area contributed by atoms with E-state index in [0.717, 1.165) is 42.0 Å². The van der Waals surface area contributed by atoms with Crippen molar-refractivity contribution in [2.45, 2.75) is 33.6 Å². The van der Waals surface area contributed by atoms with Crippen molar-refractivity contribution >= 4 is 33.3 Å². The molecule has 0 amide bonds. The molecule has 0 radical (unpaired) electrons. The molecule has 0 fully saturated rings. The maximum atomic E-state index is 9.04. The lowest BCUT2D eigenvalue weighted by molar-refractivity contribution is 0.229. The maximum absolute atomic E-state index is 9.04. The average molecular weight is 308 g/mol. The average Bonchev–Trinajstić information content (AvgIpc) is 2.83. The molecule has 3 N–H and O–H groups in total. The molecule has 0 bridgehead atoms. The van der Waals surface area contributed by atoms with E-state index >= 15 is 0 Å². The molecule has 0 aliphatic heterocycles. The number of aliphatic hydroxyl groups is 1. The van der Waals surface area contributed by atoms with Gasteiger partial charge in [-0.2, -0.15) is 4.98 Å². The van der Waals surface area contributed by atoms with E-state index in [1.807, 2.05) is 6.92 Å². The molecule has 0 saturated heterocycles. The fourth-order valence-corrected chi connectivity index (χ4v) is 3.04. The van der Waals surface area contributed by atoms with E-state index in [0.29, 0.717) is 11.9 Å². The van der Waals surface area contributed by atoms with E-state index in [9.17, 15) is 0 Å². The zero-order chi connectivity index (χ0) is 15.2. The van der Waals surface area contributed by atoms with Gasteiger partial charge in [0.1, 0.15) is 10.6 Å². The normalized spacial score (nSPS) is 12.6. The van der Waals surface area contributed by atoms with Crippen molar-refractivity contribution in [3.05, 3.63) is 10.9 Å². The summed E-state index contributed by atoms with van der Waals surface area (Å²) in [4.78, 5) is 11.4. The lowest BCUT2D eigenvalue weighted by atomic mass is 10.1. The standard InChI is InChI=1S/C15H24N4OS/c1-4-16-15-18-13(17-7-5-6-10(2)9-20)12-8-11(3)21-14(12)19-15/h8,10,20H,4-7,9H2,1-3H3,(H2,16,17,18,19). The quantitative estimate of drug-likeness (QED) is 0.653. The monoisotopic (exact) mass is 308 g/mol. The smallest absolute Gasteiger partial charge is 0.226 e. The zero-order valence-corrected chi connectivity index (χ0v) is 13.8. The summed E-state index contributed by atoms with van der Waals surface area (Å²) in [6.07, 6.45) is 2.04. The molecule has 2 rings (SSSR count). The van der Waals surface area contributed by atoms with E-state index in [4.69, 9.17) is 5.11 Å². The molecular weight excluding hydrogens is 284 g/mol. The highest BCUT2D eigenvalue weighted by atomic mass is 32.1. The van der Waals surface area contributed by atoms with Gasteiger partial charge < -0.3 is 15.7 Å². The molecule has 2 heterocycles. The number of thiophene rings is 1. The summed E-state index contributed by atoms with van der Waals surface area (Å²) in [5.74, 6) is 1.94. The number of anilines is 2. The van der Waals surface area contributed by atoms with Crippen LogP contribution in [0.3, 0.4) is 0 Å². The van der Waals surface area contributed by atoms with Crippen LogP contribution in [0.1, 0.15) is 31.6 Å². The molecule has 6 heteroatoms. The third kappa shape index (κ3) is 4.28. The lowest BCUT2D eigenvalue weighted by Crippen LogP contribution is -2.09. The number of hydrogen-bond acceptors (Lipinski definition) is 6. The number of fused-ring (bicyclic) bond motifs is 1. The molecule has 2 aromatic heterocycles. The van der Waals surface area contributed by atoms with Gasteiger partial charge in [-0.15, -0.1) is 11.3 Å². The van der Waals surface area contributed by atoms with Crippen LogP contribution in [0.5, 0.6) is 0 Å². The van der Waals surface area contributed by atoms with Crippen LogP contribution in [0.15, 0.2) is 6.07 Å². The molecule has 0 aromatic carbocycles. The number of aryl methyl sites for hydroxylation is 1. The van der Waals surface area contributed by atoms with Gasteiger partial charge in [-0.25, -0.2) is 4.98 Å². The Morgan fingerprint density at radius 3 is 2.86 bits per heavy atom. The second kappa shape index (κ2) is 7.56. The molecule has 1 unspecified atom stereocenters. The van der Waals surface area contributed by atoms with Crippen LogP contribution in [0, 0.1) is 12.8 Å². The Hall–Kier alpha value is -1.40. The first kappa shape index (κ1) is 16.0. The van der Waals surface area contributed by atoms with Crippen LogP contribution >= 0.6 is 11.3 Å². The largest absolute Gasteiger partial charge is 0.396 e. The van der Waals surface area contributed by atoms with Crippen LogP contribution in [0.25, 0.3) is 10.2 Å². The predicted molar refractivity (Wildman–Crippen MR) is 90.3 cm³/mol. The van der Waals surface area contributed by atoms with Gasteiger partial charge in [0, 0.05) is 24.6 Å². The van der Waals surface area contributed by atoms with Crippen molar-refractivity contribution in [1.82, 2.24) is 9.97 Å². The molecule has 0 aliphatic rings. The van der Waals surface area contributed by atoms with Gasteiger partial charge in [0.05, 0.1) is 5.39 Å². The van der Waals surface area contributed by atoms with Crippen molar-refractivity contribution < 1.29 is 5.11 Å². The van der Waals surface area contributed by atoms with E-state index < -0.39 is 0 Å². The maximum Gasteiger partial charge on any atom is 0.226 e. The Balaban J connectivity index is 2.09. The number of aromatic nitrogens is 2. The van der Waals surface area contributed by atoms with E-state index in [2.05, 4.69) is 40.5 Å². The van der Waals surface area contributed by atoms with Crippen LogP contribution in [-0.2, 0) is 0 Å². The molecule has 1 atom stereocenters. The molecule has 0 spiro atoms. The van der Waals surface area contributed by atoms with Gasteiger partial charge in [0.25, 0.3) is 0 Å². The van der Waals surface area contributed by atoms with Gasteiger partial charge in [0.2, 0.25) is 5.95 Å². The topological polar surface area (TPSA) is 70.1 Å². The van der Waals surface area contributed by atoms with Crippen molar-refractivity contribution in [3.8, 4) is 0 Å². The zero-order valence-electron chi connectivity index (χ0n) is 12.9. The molecule has 2 aromatic rings. The van der Waals surface area contributed by atoms with E-state index in [-0.39, 0.29) is 6.61 Å². The summed E-state index contributed by atoms with van der Waals surface area (Å²) < 4.78 is 0. The summed E-state index contributed by atoms with van der Waals surface area (Å²) in [6, 6.07) is 2.13. The van der Waals surface area contributed by atoms with Gasteiger partial charge in [0.15, 0.2) is 0 Å². The van der Waals surface area contributed by atoms with Crippen molar-refractivity contribution in [2.75, 3.05) is 30.3 Å². The molecule has 0 aliphatic carbocycles. The Kier molecular flexibility index (Phi) is 5.76. The minimum atomic E-state index is 0.256. The lowest BCUT2D eigenvalue weighted by Gasteiger charge is -2.11. The van der Waals surface area contributed by atoms with Crippen molar-refractivity contribution in [1.29, 1.82) is 0 Å². The minimum absolute atomic E-state index is 0.256. The Morgan fingerprint density at radius 2 is 2.14 bits per heavy atom. The molecular formula is C15H24N4OS. The summed E-state index contributed by atoms with van der Waals surface area (Å²) in [5.41, 5.74) is 0. The second-order valence-electron chi connectivity index (χ2n) is 5.36. The molecule has 5 nitrogen and oxygen atoms in total. The number of nitrogens with zero attached hydrogens (tertiary/aromatic N) is 2. The van der Waals surface area contributed by atoms with E-state index in [1.54, 1.807) is 11.3 Å². The third-order valence-electron chi connectivity index (χ3n) is 3.33. The number of rotatable bonds is 8. The first-order chi connectivity index (χ1) is 10.1. The third-order valence-corrected chi connectivity index (χ3v) is 4.27. The fraction of sp³-hybridized carbons (Fsp3) is 0.600. The van der Waals surface area contributed by atoms with Crippen LogP contribution in [-0.4, -0.2) is 34.8 Å². The van der Waals surface area contributed by atoms with E-state index in [1.165, 1.54) is 4.88 Å². The summed E-state index contributed by atoms with van der Waals surface area (Å²) in [7, 11) is 0. The van der Waals surface area contributed by atoms with Gasteiger partial charge >= 0.3 is 0 Å². The highest BCUT2D eigenvalue weighted by Gasteiger charge is 2.10. The van der Waals surface area contributed by atoms with Gasteiger partial charge in [-0.1, -0.05) is 6.92 Å². The Labute approximate surface area is 129 Å². The summed E-state index contributed by atoms with van der Waals surface area (Å²) in [6.45, 7) is 8.11. The van der Waals surface area contributed by atoms with Crippen LogP contribution in [0.4, 0.5) is 11.8 Å². The van der Waals surface area contributed by atoms with Gasteiger partial charge in [-0.05, 0) is 38.7 Å². The summed E-state index contributed by atoms with van der Waals surface area (Å²) in [5, 5.41) is 16.7. The highest BCUT2D eigenvalue weighted by Crippen LogP contribution is 2.29. The number of hydrogen-bond donors (Lipinski definition) is 3. The predicted octanol–water partition coefficient (Wildman–Crippen LogP) is 3.25. The Bertz CT molecular complexity index is 584. The highest BCUT2D eigenvalue weighted by molar-refractivity contribution is 7.18. The van der Waals surface area contributed by atoms with Gasteiger partial charge in [-0.3, -0.25) is 0 Å². The Morgan fingerprint density at radius 1 is 1.33 bits per heavy atom. The SMILES string of the molecule is CCNc1nc(NCCCC(C)CO)c2cc(C)sc2n1. The number of aliphatic hydroxyl groups excluding tert-OH is 1. The first-order valence-electron chi connectivity index (χ1n) is 7.50. The van der Waals surface area contributed by atoms with Crippen molar-refractivity contribution in [3.63, 3.8) is 0 Å². The molecule has 116 valence electrons.